The summed E-state index contributed by atoms with van der Waals surface area (Å²) in [5.41, 5.74) is 0.561. The van der Waals surface area contributed by atoms with Crippen LogP contribution in [0, 0.1) is 23.7 Å². The molecular weight excluding hydrogens is 350 g/mol. The average Bonchev–Trinajstić information content (AvgIpc) is 3.34. The van der Waals surface area contributed by atoms with E-state index >= 15 is 0 Å². The summed E-state index contributed by atoms with van der Waals surface area (Å²) < 4.78 is 26.2. The van der Waals surface area contributed by atoms with Gasteiger partial charge in [-0.2, -0.15) is 5.26 Å². The van der Waals surface area contributed by atoms with Crippen LogP contribution >= 0.6 is 0 Å². The first-order valence-electron chi connectivity index (χ1n) is 8.33. The van der Waals surface area contributed by atoms with Crippen molar-refractivity contribution in [1.82, 2.24) is 0 Å². The van der Waals surface area contributed by atoms with Crippen LogP contribution in [-0.2, 0) is 21.1 Å². The Hall–Kier alpha value is -2.65. The molecule has 0 saturated heterocycles. The summed E-state index contributed by atoms with van der Waals surface area (Å²) in [5, 5.41) is 18.0. The number of benzene rings is 2. The van der Waals surface area contributed by atoms with Crippen molar-refractivity contribution in [2.45, 2.75) is 36.3 Å². The number of nitrogens with zero attached hydrogens (tertiary/aromatic N) is 1. The van der Waals surface area contributed by atoms with E-state index in [9.17, 15) is 23.6 Å². The van der Waals surface area contributed by atoms with E-state index in [-0.39, 0.29) is 4.90 Å². The lowest BCUT2D eigenvalue weighted by Crippen LogP contribution is -2.22. The lowest BCUT2D eigenvalue weighted by Gasteiger charge is -2.05. The van der Waals surface area contributed by atoms with Gasteiger partial charge in [-0.25, -0.2) is 8.42 Å². The summed E-state index contributed by atoms with van der Waals surface area (Å²) in [4.78, 5) is 11.9. The Kier molecular flexibility index (Phi) is 4.37. The lowest BCUT2D eigenvalue weighted by atomic mass is 9.99. The summed E-state index contributed by atoms with van der Waals surface area (Å²) in [6, 6.07) is 15.2. The predicted molar refractivity (Wildman–Crippen MR) is 96.4 cm³/mol. The Balaban J connectivity index is 2.10. The molecule has 0 bridgehead atoms. The Labute approximate surface area is 152 Å². The summed E-state index contributed by atoms with van der Waals surface area (Å²) in [7, 11) is -3.96. The molecule has 2 aromatic rings. The van der Waals surface area contributed by atoms with Crippen molar-refractivity contribution < 1.29 is 18.3 Å². The van der Waals surface area contributed by atoms with Crippen LogP contribution < -0.4 is 0 Å². The maximum atomic E-state index is 13.1. The molecule has 0 heterocycles. The molecule has 3 rings (SSSR count). The number of aryl methyl sites for hydroxylation is 2. The van der Waals surface area contributed by atoms with Crippen LogP contribution in [0.25, 0.3) is 0 Å². The third-order valence-electron chi connectivity index (χ3n) is 5.10. The summed E-state index contributed by atoms with van der Waals surface area (Å²) in [6.45, 7) is 3.83. The highest BCUT2D eigenvalue weighted by Crippen LogP contribution is 2.64. The van der Waals surface area contributed by atoms with Gasteiger partial charge in [0.1, 0.15) is 5.25 Å². The largest absolute Gasteiger partial charge is 0.480 e. The molecule has 5 nitrogen and oxygen atoms in total. The molecule has 0 unspecified atom stereocenters. The molecule has 1 aliphatic carbocycles. The molecule has 0 aromatic heterocycles. The molecule has 0 radical (unpaired) electrons. The summed E-state index contributed by atoms with van der Waals surface area (Å²) in [6.07, 6.45) is 0.818. The van der Waals surface area contributed by atoms with Gasteiger partial charge in [0.05, 0.1) is 11.0 Å². The number of hydrogen-bond donors (Lipinski definition) is 1. The standard InChI is InChI=1S/C20H19NO4S/c1-3-14-6-8-15(9-7-14)17-18(20(17,12-21)19(22)23)26(24,25)16-10-4-13(2)5-11-16/h4-11,17-18H,3H2,1-2H3,(H,22,23)/t17-,18+,20+/m1/s1. The minimum atomic E-state index is -3.96. The van der Waals surface area contributed by atoms with Crippen LogP contribution in [0.15, 0.2) is 53.4 Å². The van der Waals surface area contributed by atoms with Gasteiger partial charge in [-0.15, -0.1) is 0 Å². The van der Waals surface area contributed by atoms with Gasteiger partial charge in [-0.1, -0.05) is 48.9 Å². The quantitative estimate of drug-likeness (QED) is 0.874. The third-order valence-corrected chi connectivity index (χ3v) is 7.34. The highest BCUT2D eigenvalue weighted by atomic mass is 32.2. The second kappa shape index (κ2) is 6.26. The molecule has 6 heteroatoms. The molecule has 1 aliphatic rings. The molecule has 134 valence electrons. The van der Waals surface area contributed by atoms with Crippen molar-refractivity contribution in [2.75, 3.05) is 0 Å². The number of carbonyl (C=O) groups is 1. The van der Waals surface area contributed by atoms with Crippen LogP contribution in [0.3, 0.4) is 0 Å². The first-order chi connectivity index (χ1) is 12.3. The zero-order valence-corrected chi connectivity index (χ0v) is 15.3. The van der Waals surface area contributed by atoms with Gasteiger partial charge in [-0.3, -0.25) is 4.79 Å². The number of aliphatic carboxylic acids is 1. The lowest BCUT2D eigenvalue weighted by molar-refractivity contribution is -0.141. The second-order valence-corrected chi connectivity index (χ2v) is 8.71. The number of sulfone groups is 1. The van der Waals surface area contributed by atoms with Gasteiger partial charge in [0.15, 0.2) is 15.3 Å². The highest BCUT2D eigenvalue weighted by molar-refractivity contribution is 7.92. The third kappa shape index (κ3) is 2.60. The molecule has 0 amide bonds. The Morgan fingerprint density at radius 2 is 1.73 bits per heavy atom. The normalized spacial score (nSPS) is 24.7. The van der Waals surface area contributed by atoms with E-state index in [1.165, 1.54) is 12.1 Å². The van der Waals surface area contributed by atoms with E-state index in [2.05, 4.69) is 0 Å². The Bertz CT molecular complexity index is 988. The van der Waals surface area contributed by atoms with Crippen molar-refractivity contribution in [3.8, 4) is 6.07 Å². The molecule has 2 aromatic carbocycles. The number of carboxylic acid groups (broad SMARTS) is 1. The second-order valence-electron chi connectivity index (χ2n) is 6.64. The van der Waals surface area contributed by atoms with Gasteiger partial charge in [0.25, 0.3) is 0 Å². The zero-order valence-electron chi connectivity index (χ0n) is 14.5. The van der Waals surface area contributed by atoms with Gasteiger partial charge >= 0.3 is 5.97 Å². The molecule has 1 fully saturated rings. The van der Waals surface area contributed by atoms with Crippen molar-refractivity contribution in [3.05, 3.63) is 65.2 Å². The van der Waals surface area contributed by atoms with E-state index in [4.69, 9.17) is 0 Å². The molecule has 0 aliphatic heterocycles. The maximum absolute atomic E-state index is 13.1. The number of rotatable bonds is 5. The first-order valence-corrected chi connectivity index (χ1v) is 9.87. The maximum Gasteiger partial charge on any atom is 0.326 e. The van der Waals surface area contributed by atoms with Crippen LogP contribution in [0.5, 0.6) is 0 Å². The Morgan fingerprint density at radius 1 is 1.15 bits per heavy atom. The molecular formula is C20H19NO4S. The molecule has 26 heavy (non-hydrogen) atoms. The number of hydrogen-bond acceptors (Lipinski definition) is 4. The highest BCUT2D eigenvalue weighted by Gasteiger charge is 2.77. The minimum Gasteiger partial charge on any atom is -0.480 e. The first kappa shape index (κ1) is 18.2. The monoisotopic (exact) mass is 369 g/mol. The van der Waals surface area contributed by atoms with Gasteiger partial charge in [-0.05, 0) is 36.6 Å². The van der Waals surface area contributed by atoms with E-state index in [1.807, 2.05) is 26.0 Å². The SMILES string of the molecule is CCc1ccc([C@@H]2[C@H](S(=O)(=O)c3ccc(C)cc3)[C@@]2(C#N)C(=O)O)cc1. The van der Waals surface area contributed by atoms with Crippen LogP contribution in [-0.4, -0.2) is 24.7 Å². The predicted octanol–water partition coefficient (Wildman–Crippen LogP) is 3.09. The fourth-order valence-electron chi connectivity index (χ4n) is 3.49. The fourth-order valence-corrected chi connectivity index (χ4v) is 5.74. The van der Waals surface area contributed by atoms with E-state index in [1.54, 1.807) is 30.3 Å². The van der Waals surface area contributed by atoms with Gasteiger partial charge in [0.2, 0.25) is 0 Å². The smallest absolute Gasteiger partial charge is 0.326 e. The van der Waals surface area contributed by atoms with E-state index in [0.29, 0.717) is 5.56 Å². The fraction of sp³-hybridized carbons (Fsp3) is 0.300. The molecule has 3 atom stereocenters. The van der Waals surface area contributed by atoms with Crippen molar-refractivity contribution >= 4 is 15.8 Å². The molecule has 1 N–H and O–H groups in total. The van der Waals surface area contributed by atoms with Crippen molar-refractivity contribution in [1.29, 1.82) is 5.26 Å². The Morgan fingerprint density at radius 3 is 2.19 bits per heavy atom. The minimum absolute atomic E-state index is 0.0432. The topological polar surface area (TPSA) is 95.2 Å². The average molecular weight is 369 g/mol. The van der Waals surface area contributed by atoms with Crippen LogP contribution in [0.4, 0.5) is 0 Å². The number of nitriles is 1. The number of carboxylic acids is 1. The van der Waals surface area contributed by atoms with Gasteiger partial charge in [0, 0.05) is 5.92 Å². The summed E-state index contributed by atoms with van der Waals surface area (Å²) >= 11 is 0. The van der Waals surface area contributed by atoms with Crippen molar-refractivity contribution in [3.63, 3.8) is 0 Å². The molecule has 0 spiro atoms. The van der Waals surface area contributed by atoms with E-state index < -0.39 is 32.4 Å². The van der Waals surface area contributed by atoms with Crippen molar-refractivity contribution in [2.24, 2.45) is 5.41 Å². The van der Waals surface area contributed by atoms with Crippen LogP contribution in [0.1, 0.15) is 29.5 Å². The summed E-state index contributed by atoms with van der Waals surface area (Å²) in [5.74, 6) is -2.28. The van der Waals surface area contributed by atoms with E-state index in [0.717, 1.165) is 17.5 Å². The van der Waals surface area contributed by atoms with Gasteiger partial charge < -0.3 is 5.11 Å². The zero-order chi connectivity index (χ0) is 19.1. The molecule has 1 saturated carbocycles. The van der Waals surface area contributed by atoms with Crippen LogP contribution in [0.2, 0.25) is 0 Å².